The lowest BCUT2D eigenvalue weighted by Crippen LogP contribution is -2.35. The van der Waals surface area contributed by atoms with E-state index < -0.39 is 0 Å². The standard InChI is InChI=1S/C12H19N7/c1-13-5-2-10-3-6-18(7-4-10)12-9-14-8-11-15-16-17-19(11)12/h8-10,13H,2-7H2,1H3. The number of piperidine rings is 1. The molecule has 19 heavy (non-hydrogen) atoms. The predicted molar refractivity (Wildman–Crippen MR) is 72.1 cm³/mol. The lowest BCUT2D eigenvalue weighted by Gasteiger charge is -2.33. The van der Waals surface area contributed by atoms with E-state index in [0.29, 0.717) is 5.65 Å². The van der Waals surface area contributed by atoms with E-state index in [1.54, 1.807) is 10.7 Å². The molecule has 1 N–H and O–H groups in total. The molecule has 3 rings (SSSR count). The van der Waals surface area contributed by atoms with Gasteiger partial charge in [-0.3, -0.25) is 4.98 Å². The van der Waals surface area contributed by atoms with E-state index in [1.165, 1.54) is 19.3 Å². The van der Waals surface area contributed by atoms with Crippen LogP contribution in [0.4, 0.5) is 5.82 Å². The summed E-state index contributed by atoms with van der Waals surface area (Å²) in [7, 11) is 2.01. The summed E-state index contributed by atoms with van der Waals surface area (Å²) in [5, 5.41) is 14.9. The Kier molecular flexibility index (Phi) is 3.54. The molecule has 3 heterocycles. The molecule has 0 atom stereocenters. The van der Waals surface area contributed by atoms with Crippen LogP contribution in [0.5, 0.6) is 0 Å². The van der Waals surface area contributed by atoms with Crippen molar-refractivity contribution in [2.24, 2.45) is 5.92 Å². The van der Waals surface area contributed by atoms with Crippen molar-refractivity contribution < 1.29 is 0 Å². The molecule has 0 aromatic carbocycles. The van der Waals surface area contributed by atoms with Crippen LogP contribution in [-0.4, -0.2) is 51.7 Å². The number of hydrogen-bond donors (Lipinski definition) is 1. The van der Waals surface area contributed by atoms with E-state index in [0.717, 1.165) is 31.4 Å². The predicted octanol–water partition coefficient (Wildman–Crippen LogP) is 0.345. The highest BCUT2D eigenvalue weighted by molar-refractivity contribution is 5.46. The maximum Gasteiger partial charge on any atom is 0.199 e. The van der Waals surface area contributed by atoms with Crippen molar-refractivity contribution in [3.05, 3.63) is 12.4 Å². The Balaban J connectivity index is 1.69. The fourth-order valence-corrected chi connectivity index (χ4v) is 2.68. The van der Waals surface area contributed by atoms with Gasteiger partial charge in [0.1, 0.15) is 0 Å². The third-order valence-electron chi connectivity index (χ3n) is 3.83. The van der Waals surface area contributed by atoms with Crippen molar-refractivity contribution in [2.45, 2.75) is 19.3 Å². The minimum Gasteiger partial charge on any atom is -0.355 e. The molecular weight excluding hydrogens is 242 g/mol. The third-order valence-corrected chi connectivity index (χ3v) is 3.83. The maximum atomic E-state index is 4.21. The van der Waals surface area contributed by atoms with E-state index >= 15 is 0 Å². The number of fused-ring (bicyclic) bond motifs is 1. The summed E-state index contributed by atoms with van der Waals surface area (Å²) >= 11 is 0. The zero-order chi connectivity index (χ0) is 13.1. The molecule has 1 saturated heterocycles. The van der Waals surface area contributed by atoms with Crippen LogP contribution >= 0.6 is 0 Å². The minimum atomic E-state index is 0.704. The molecule has 0 amide bonds. The SMILES string of the molecule is CNCCC1CCN(c2cncc3nnnn23)CC1. The third kappa shape index (κ3) is 2.51. The first-order chi connectivity index (χ1) is 9.38. The molecule has 0 saturated carbocycles. The minimum absolute atomic E-state index is 0.704. The van der Waals surface area contributed by atoms with Crippen LogP contribution < -0.4 is 10.2 Å². The van der Waals surface area contributed by atoms with Gasteiger partial charge in [-0.1, -0.05) is 0 Å². The van der Waals surface area contributed by atoms with Gasteiger partial charge in [0.25, 0.3) is 0 Å². The largest absolute Gasteiger partial charge is 0.355 e. The van der Waals surface area contributed by atoms with E-state index in [1.807, 2.05) is 13.2 Å². The summed E-state index contributed by atoms with van der Waals surface area (Å²) in [6, 6.07) is 0. The molecule has 2 aromatic heterocycles. The van der Waals surface area contributed by atoms with Crippen molar-refractivity contribution in [1.82, 2.24) is 30.3 Å². The number of tetrazole rings is 1. The molecule has 0 unspecified atom stereocenters. The average Bonchev–Trinajstić information content (AvgIpc) is 2.94. The first kappa shape index (κ1) is 12.3. The summed E-state index contributed by atoms with van der Waals surface area (Å²) in [5.41, 5.74) is 0.704. The molecule has 1 aliphatic rings. The van der Waals surface area contributed by atoms with E-state index in [4.69, 9.17) is 0 Å². The van der Waals surface area contributed by atoms with Gasteiger partial charge in [0.05, 0.1) is 12.4 Å². The van der Waals surface area contributed by atoms with Gasteiger partial charge in [-0.05, 0) is 49.2 Å². The Morgan fingerprint density at radius 3 is 2.95 bits per heavy atom. The fraction of sp³-hybridized carbons (Fsp3) is 0.667. The Morgan fingerprint density at radius 1 is 1.32 bits per heavy atom. The number of anilines is 1. The van der Waals surface area contributed by atoms with Crippen LogP contribution in [0.15, 0.2) is 12.4 Å². The van der Waals surface area contributed by atoms with Gasteiger partial charge in [-0.15, -0.1) is 5.10 Å². The molecule has 102 valence electrons. The number of nitrogens with one attached hydrogen (secondary N) is 1. The van der Waals surface area contributed by atoms with Gasteiger partial charge in [0.15, 0.2) is 11.5 Å². The van der Waals surface area contributed by atoms with Crippen molar-refractivity contribution >= 4 is 11.5 Å². The quantitative estimate of drug-likeness (QED) is 0.856. The molecule has 0 radical (unpaired) electrons. The molecule has 0 aliphatic carbocycles. The van der Waals surface area contributed by atoms with Gasteiger partial charge in [-0.2, -0.15) is 4.52 Å². The summed E-state index contributed by atoms with van der Waals surface area (Å²) in [4.78, 5) is 6.54. The summed E-state index contributed by atoms with van der Waals surface area (Å²) in [6.45, 7) is 3.21. The summed E-state index contributed by atoms with van der Waals surface area (Å²) in [6.07, 6.45) is 7.23. The molecule has 7 nitrogen and oxygen atoms in total. The monoisotopic (exact) mass is 261 g/mol. The second kappa shape index (κ2) is 5.48. The van der Waals surface area contributed by atoms with E-state index in [9.17, 15) is 0 Å². The van der Waals surface area contributed by atoms with Gasteiger partial charge >= 0.3 is 0 Å². The van der Waals surface area contributed by atoms with E-state index in [2.05, 4.69) is 30.7 Å². The molecular formula is C12H19N7. The van der Waals surface area contributed by atoms with Crippen molar-refractivity contribution in [3.63, 3.8) is 0 Å². The normalized spacial score (nSPS) is 17.2. The summed E-state index contributed by atoms with van der Waals surface area (Å²) < 4.78 is 1.76. The Hall–Kier alpha value is -1.76. The van der Waals surface area contributed by atoms with Crippen molar-refractivity contribution in [2.75, 3.05) is 31.6 Å². The zero-order valence-corrected chi connectivity index (χ0v) is 11.2. The second-order valence-electron chi connectivity index (χ2n) is 5.04. The van der Waals surface area contributed by atoms with Crippen LogP contribution in [0.2, 0.25) is 0 Å². The van der Waals surface area contributed by atoms with Crippen LogP contribution in [-0.2, 0) is 0 Å². The van der Waals surface area contributed by atoms with Crippen LogP contribution in [0, 0.1) is 5.92 Å². The lowest BCUT2D eigenvalue weighted by atomic mass is 9.93. The Bertz CT molecular complexity index is 530. The lowest BCUT2D eigenvalue weighted by molar-refractivity contribution is 0.376. The number of nitrogens with zero attached hydrogens (tertiary/aromatic N) is 6. The van der Waals surface area contributed by atoms with Crippen LogP contribution in [0.3, 0.4) is 0 Å². The maximum absolute atomic E-state index is 4.21. The fourth-order valence-electron chi connectivity index (χ4n) is 2.68. The smallest absolute Gasteiger partial charge is 0.199 e. The van der Waals surface area contributed by atoms with Crippen molar-refractivity contribution in [3.8, 4) is 0 Å². The van der Waals surface area contributed by atoms with E-state index in [-0.39, 0.29) is 0 Å². The Morgan fingerprint density at radius 2 is 2.16 bits per heavy atom. The number of aromatic nitrogens is 5. The average molecular weight is 261 g/mol. The highest BCUT2D eigenvalue weighted by Gasteiger charge is 2.21. The highest BCUT2D eigenvalue weighted by Crippen LogP contribution is 2.24. The molecule has 0 spiro atoms. The first-order valence-corrected chi connectivity index (χ1v) is 6.80. The molecule has 2 aromatic rings. The highest BCUT2D eigenvalue weighted by atomic mass is 15.5. The van der Waals surface area contributed by atoms with Gasteiger partial charge < -0.3 is 10.2 Å². The second-order valence-corrected chi connectivity index (χ2v) is 5.04. The number of hydrogen-bond acceptors (Lipinski definition) is 6. The molecule has 1 fully saturated rings. The van der Waals surface area contributed by atoms with Gasteiger partial charge in [-0.25, -0.2) is 0 Å². The van der Waals surface area contributed by atoms with Gasteiger partial charge in [0.2, 0.25) is 0 Å². The summed E-state index contributed by atoms with van der Waals surface area (Å²) in [5.74, 6) is 1.82. The zero-order valence-electron chi connectivity index (χ0n) is 11.2. The van der Waals surface area contributed by atoms with Gasteiger partial charge in [0, 0.05) is 13.1 Å². The van der Waals surface area contributed by atoms with Crippen LogP contribution in [0.25, 0.3) is 5.65 Å². The van der Waals surface area contributed by atoms with Crippen LogP contribution in [0.1, 0.15) is 19.3 Å². The van der Waals surface area contributed by atoms with Crippen molar-refractivity contribution in [1.29, 1.82) is 0 Å². The molecule has 1 aliphatic heterocycles. The first-order valence-electron chi connectivity index (χ1n) is 6.80. The molecule has 7 heteroatoms. The molecule has 0 bridgehead atoms. The Labute approximate surface area is 112 Å². The topological polar surface area (TPSA) is 71.2 Å². The number of rotatable bonds is 4.